The topological polar surface area (TPSA) is 53.4 Å². The van der Waals surface area contributed by atoms with Crippen LogP contribution < -0.4 is 0 Å². The summed E-state index contributed by atoms with van der Waals surface area (Å²) in [4.78, 5) is 17.8. The first-order chi connectivity index (χ1) is 8.08. The van der Waals surface area contributed by atoms with E-state index in [0.29, 0.717) is 30.4 Å². The molecular formula is C12H15ClN2O2. The van der Waals surface area contributed by atoms with Gasteiger partial charge in [0.25, 0.3) is 5.91 Å². The number of carbonyl (C=O) groups is 1. The highest BCUT2D eigenvalue weighted by Gasteiger charge is 2.28. The highest BCUT2D eigenvalue weighted by Crippen LogP contribution is 2.18. The number of halogens is 1. The van der Waals surface area contributed by atoms with E-state index in [4.69, 9.17) is 11.6 Å². The molecule has 0 saturated carbocycles. The Labute approximate surface area is 105 Å². The highest BCUT2D eigenvalue weighted by atomic mass is 35.5. The van der Waals surface area contributed by atoms with Gasteiger partial charge in [0.15, 0.2) is 0 Å². The normalized spacial score (nSPS) is 24.8. The van der Waals surface area contributed by atoms with E-state index in [1.807, 2.05) is 6.92 Å². The van der Waals surface area contributed by atoms with Gasteiger partial charge < -0.3 is 10.0 Å². The summed E-state index contributed by atoms with van der Waals surface area (Å²) in [6, 6.07) is 5.01. The van der Waals surface area contributed by atoms with Crippen LogP contribution in [0.1, 0.15) is 23.8 Å². The third kappa shape index (κ3) is 2.76. The summed E-state index contributed by atoms with van der Waals surface area (Å²) in [5.74, 6) is -0.0156. The maximum Gasteiger partial charge on any atom is 0.272 e. The second-order valence-corrected chi connectivity index (χ2v) is 4.82. The van der Waals surface area contributed by atoms with Crippen LogP contribution in [0.5, 0.6) is 0 Å². The molecule has 1 amide bonds. The van der Waals surface area contributed by atoms with Crippen LogP contribution in [0.2, 0.25) is 5.15 Å². The Bertz CT molecular complexity index is 425. The number of aromatic nitrogens is 1. The van der Waals surface area contributed by atoms with Crippen LogP contribution in [0.3, 0.4) is 0 Å². The van der Waals surface area contributed by atoms with Crippen LogP contribution in [0.4, 0.5) is 0 Å². The number of pyridine rings is 1. The molecule has 0 bridgehead atoms. The van der Waals surface area contributed by atoms with E-state index >= 15 is 0 Å². The summed E-state index contributed by atoms with van der Waals surface area (Å²) >= 11 is 5.76. The Morgan fingerprint density at radius 3 is 3.00 bits per heavy atom. The van der Waals surface area contributed by atoms with Crippen LogP contribution in [-0.4, -0.2) is 40.1 Å². The Balaban J connectivity index is 2.10. The van der Waals surface area contributed by atoms with Crippen molar-refractivity contribution >= 4 is 17.5 Å². The van der Waals surface area contributed by atoms with E-state index in [2.05, 4.69) is 4.98 Å². The van der Waals surface area contributed by atoms with Crippen LogP contribution in [-0.2, 0) is 0 Å². The number of hydrogen-bond donors (Lipinski definition) is 1. The van der Waals surface area contributed by atoms with Crippen molar-refractivity contribution in [1.29, 1.82) is 0 Å². The number of likely N-dealkylation sites (tertiary alicyclic amines) is 1. The lowest BCUT2D eigenvalue weighted by Crippen LogP contribution is -2.45. The maximum atomic E-state index is 12.1. The SMILES string of the molecule is CC1CN(C(=O)c2cccc(Cl)n2)CCC1O. The van der Waals surface area contributed by atoms with Gasteiger partial charge in [-0.3, -0.25) is 4.79 Å². The fourth-order valence-electron chi connectivity index (χ4n) is 2.01. The number of nitrogens with zero attached hydrogens (tertiary/aromatic N) is 2. The molecule has 1 fully saturated rings. The zero-order valence-corrected chi connectivity index (χ0v) is 10.4. The van der Waals surface area contributed by atoms with E-state index in [1.165, 1.54) is 0 Å². The van der Waals surface area contributed by atoms with Gasteiger partial charge in [-0.15, -0.1) is 0 Å². The van der Waals surface area contributed by atoms with Gasteiger partial charge in [-0.05, 0) is 24.5 Å². The minimum Gasteiger partial charge on any atom is -0.393 e. The molecule has 1 saturated heterocycles. The van der Waals surface area contributed by atoms with Gasteiger partial charge >= 0.3 is 0 Å². The molecule has 92 valence electrons. The lowest BCUT2D eigenvalue weighted by atomic mass is 9.96. The van der Waals surface area contributed by atoms with Gasteiger partial charge in [0, 0.05) is 13.1 Å². The summed E-state index contributed by atoms with van der Waals surface area (Å²) in [5.41, 5.74) is 0.362. The highest BCUT2D eigenvalue weighted by molar-refractivity contribution is 6.29. The fourth-order valence-corrected chi connectivity index (χ4v) is 2.17. The summed E-state index contributed by atoms with van der Waals surface area (Å²) in [6.07, 6.45) is 0.305. The molecule has 0 aliphatic carbocycles. The summed E-state index contributed by atoms with van der Waals surface area (Å²) < 4.78 is 0. The Kier molecular flexibility index (Phi) is 3.64. The molecule has 1 aliphatic rings. The zero-order chi connectivity index (χ0) is 12.4. The molecule has 1 aromatic rings. The van der Waals surface area contributed by atoms with Gasteiger partial charge in [0.2, 0.25) is 0 Å². The van der Waals surface area contributed by atoms with E-state index in [-0.39, 0.29) is 17.9 Å². The first kappa shape index (κ1) is 12.3. The first-order valence-electron chi connectivity index (χ1n) is 5.68. The number of aliphatic hydroxyl groups excluding tert-OH is 1. The summed E-state index contributed by atoms with van der Waals surface area (Å²) in [6.45, 7) is 3.07. The summed E-state index contributed by atoms with van der Waals surface area (Å²) in [7, 11) is 0. The van der Waals surface area contributed by atoms with Gasteiger partial charge in [0.1, 0.15) is 10.8 Å². The third-order valence-electron chi connectivity index (χ3n) is 3.08. The Morgan fingerprint density at radius 2 is 2.35 bits per heavy atom. The number of amides is 1. The molecule has 2 atom stereocenters. The van der Waals surface area contributed by atoms with Gasteiger partial charge in [-0.1, -0.05) is 24.6 Å². The molecule has 0 radical (unpaired) electrons. The average Bonchev–Trinajstić information content (AvgIpc) is 2.32. The zero-order valence-electron chi connectivity index (χ0n) is 9.64. The van der Waals surface area contributed by atoms with Crippen molar-refractivity contribution in [3.8, 4) is 0 Å². The minimum atomic E-state index is -0.314. The van der Waals surface area contributed by atoms with Crippen molar-refractivity contribution in [1.82, 2.24) is 9.88 Å². The van der Waals surface area contributed by atoms with Gasteiger partial charge in [0.05, 0.1) is 6.10 Å². The van der Waals surface area contributed by atoms with Crippen molar-refractivity contribution < 1.29 is 9.90 Å². The maximum absolute atomic E-state index is 12.1. The van der Waals surface area contributed by atoms with Crippen LogP contribution in [0, 0.1) is 5.92 Å². The van der Waals surface area contributed by atoms with Crippen molar-refractivity contribution in [3.05, 3.63) is 29.0 Å². The third-order valence-corrected chi connectivity index (χ3v) is 3.29. The second kappa shape index (κ2) is 5.02. The molecule has 2 unspecified atom stereocenters. The number of hydrogen-bond acceptors (Lipinski definition) is 3. The van der Waals surface area contributed by atoms with E-state index in [9.17, 15) is 9.90 Å². The van der Waals surface area contributed by atoms with Gasteiger partial charge in [-0.25, -0.2) is 4.98 Å². The predicted octanol–water partition coefficient (Wildman–Crippen LogP) is 1.58. The number of piperidine rings is 1. The molecule has 17 heavy (non-hydrogen) atoms. The monoisotopic (exact) mass is 254 g/mol. The standard InChI is InChI=1S/C12H15ClN2O2/c1-8-7-15(6-5-10(8)16)12(17)9-3-2-4-11(13)14-9/h2-4,8,10,16H,5-7H2,1H3. The van der Waals surface area contributed by atoms with Crippen molar-refractivity contribution in [2.24, 2.45) is 5.92 Å². The number of aliphatic hydroxyl groups is 1. The van der Waals surface area contributed by atoms with Gasteiger partial charge in [-0.2, -0.15) is 0 Å². The number of rotatable bonds is 1. The molecule has 0 aromatic carbocycles. The van der Waals surface area contributed by atoms with Crippen LogP contribution in [0.15, 0.2) is 18.2 Å². The molecule has 2 rings (SSSR count). The van der Waals surface area contributed by atoms with E-state index < -0.39 is 0 Å². The fraction of sp³-hybridized carbons (Fsp3) is 0.500. The second-order valence-electron chi connectivity index (χ2n) is 4.43. The average molecular weight is 255 g/mol. The van der Waals surface area contributed by atoms with E-state index in [1.54, 1.807) is 23.1 Å². The lowest BCUT2D eigenvalue weighted by Gasteiger charge is -2.34. The Morgan fingerprint density at radius 1 is 1.59 bits per heavy atom. The molecule has 4 nitrogen and oxygen atoms in total. The predicted molar refractivity (Wildman–Crippen MR) is 64.9 cm³/mol. The quantitative estimate of drug-likeness (QED) is 0.774. The Hall–Kier alpha value is -1.13. The summed E-state index contributed by atoms with van der Waals surface area (Å²) in [5, 5.41) is 9.94. The molecule has 1 N–H and O–H groups in total. The van der Waals surface area contributed by atoms with Crippen molar-refractivity contribution in [3.63, 3.8) is 0 Å². The van der Waals surface area contributed by atoms with Crippen LogP contribution in [0.25, 0.3) is 0 Å². The van der Waals surface area contributed by atoms with Crippen molar-refractivity contribution in [2.45, 2.75) is 19.4 Å². The van der Waals surface area contributed by atoms with Crippen molar-refractivity contribution in [2.75, 3.05) is 13.1 Å². The molecule has 2 heterocycles. The number of carbonyl (C=O) groups excluding carboxylic acids is 1. The molecule has 1 aliphatic heterocycles. The molecular weight excluding hydrogens is 240 g/mol. The first-order valence-corrected chi connectivity index (χ1v) is 6.05. The molecule has 0 spiro atoms. The minimum absolute atomic E-state index is 0.104. The van der Waals surface area contributed by atoms with Crippen LogP contribution >= 0.6 is 11.6 Å². The van der Waals surface area contributed by atoms with E-state index in [0.717, 1.165) is 0 Å². The lowest BCUT2D eigenvalue weighted by molar-refractivity contribution is 0.0294. The molecule has 1 aromatic heterocycles. The largest absolute Gasteiger partial charge is 0.393 e. The molecule has 5 heteroatoms. The smallest absolute Gasteiger partial charge is 0.272 e.